The third kappa shape index (κ3) is 4.49. The SMILES string of the molecule is COc1ccc(Br)cc1S(=O)(=O)Nc1ccc(Cl)cc1NC(=O)c1ccco1. The molecule has 0 aliphatic carbocycles. The number of methoxy groups -OCH3 is 1. The summed E-state index contributed by atoms with van der Waals surface area (Å²) < 4.78 is 39.0. The monoisotopic (exact) mass is 484 g/mol. The largest absolute Gasteiger partial charge is 0.495 e. The zero-order valence-corrected chi connectivity index (χ0v) is 17.6. The molecule has 146 valence electrons. The lowest BCUT2D eigenvalue weighted by Crippen LogP contribution is -2.17. The Balaban J connectivity index is 1.96. The molecule has 0 spiro atoms. The highest BCUT2D eigenvalue weighted by Gasteiger charge is 2.22. The molecule has 10 heteroatoms. The molecule has 1 amide bonds. The molecular formula is C18H14BrClN2O5S. The molecule has 0 aliphatic heterocycles. The number of sulfonamides is 1. The number of hydrogen-bond acceptors (Lipinski definition) is 5. The molecule has 0 fully saturated rings. The number of carbonyl (C=O) groups is 1. The van der Waals surface area contributed by atoms with Crippen LogP contribution in [0.3, 0.4) is 0 Å². The molecule has 28 heavy (non-hydrogen) atoms. The number of anilines is 2. The Morgan fingerprint density at radius 2 is 1.93 bits per heavy atom. The lowest BCUT2D eigenvalue weighted by Gasteiger charge is -2.15. The van der Waals surface area contributed by atoms with Crippen molar-refractivity contribution in [3.05, 3.63) is 70.0 Å². The first-order valence-electron chi connectivity index (χ1n) is 7.81. The quantitative estimate of drug-likeness (QED) is 0.525. The van der Waals surface area contributed by atoms with E-state index >= 15 is 0 Å². The fourth-order valence-electron chi connectivity index (χ4n) is 2.36. The van der Waals surface area contributed by atoms with Gasteiger partial charge in [0.1, 0.15) is 10.6 Å². The molecule has 0 aliphatic rings. The van der Waals surface area contributed by atoms with Gasteiger partial charge in [-0.25, -0.2) is 8.42 Å². The van der Waals surface area contributed by atoms with E-state index in [0.717, 1.165) is 0 Å². The summed E-state index contributed by atoms with van der Waals surface area (Å²) in [5.41, 5.74) is 0.303. The third-order valence-corrected chi connectivity index (χ3v) is 5.75. The first-order valence-corrected chi connectivity index (χ1v) is 10.5. The van der Waals surface area contributed by atoms with Gasteiger partial charge in [-0.05, 0) is 48.5 Å². The molecule has 0 saturated carbocycles. The van der Waals surface area contributed by atoms with E-state index in [1.54, 1.807) is 12.1 Å². The summed E-state index contributed by atoms with van der Waals surface area (Å²) in [5, 5.41) is 2.90. The minimum Gasteiger partial charge on any atom is -0.495 e. The van der Waals surface area contributed by atoms with Crippen molar-refractivity contribution in [1.29, 1.82) is 0 Å². The van der Waals surface area contributed by atoms with Crippen LogP contribution in [0.4, 0.5) is 11.4 Å². The second kappa shape index (κ2) is 8.26. The van der Waals surface area contributed by atoms with Crippen LogP contribution < -0.4 is 14.8 Å². The highest BCUT2D eigenvalue weighted by atomic mass is 79.9. The van der Waals surface area contributed by atoms with Gasteiger partial charge in [0.2, 0.25) is 0 Å². The van der Waals surface area contributed by atoms with E-state index in [-0.39, 0.29) is 27.8 Å². The molecule has 0 saturated heterocycles. The maximum absolute atomic E-state index is 12.9. The Labute approximate surface area is 174 Å². The number of ether oxygens (including phenoxy) is 1. The molecule has 7 nitrogen and oxygen atoms in total. The summed E-state index contributed by atoms with van der Waals surface area (Å²) >= 11 is 9.25. The summed E-state index contributed by atoms with van der Waals surface area (Å²) in [7, 11) is -2.65. The molecule has 3 aromatic rings. The fourth-order valence-corrected chi connectivity index (χ4v) is 4.32. The van der Waals surface area contributed by atoms with Crippen LogP contribution in [-0.2, 0) is 10.0 Å². The Bertz CT molecular complexity index is 1120. The van der Waals surface area contributed by atoms with Crippen LogP contribution in [0.15, 0.2) is 68.6 Å². The van der Waals surface area contributed by atoms with Crippen molar-refractivity contribution in [3.8, 4) is 5.75 Å². The van der Waals surface area contributed by atoms with Crippen molar-refractivity contribution in [3.63, 3.8) is 0 Å². The summed E-state index contributed by atoms with van der Waals surface area (Å²) in [6, 6.07) is 12.0. The minimum atomic E-state index is -4.03. The van der Waals surface area contributed by atoms with E-state index in [2.05, 4.69) is 26.0 Å². The maximum Gasteiger partial charge on any atom is 0.291 e. The van der Waals surface area contributed by atoms with Crippen molar-refractivity contribution in [2.75, 3.05) is 17.1 Å². The van der Waals surface area contributed by atoms with Crippen molar-refractivity contribution < 1.29 is 22.4 Å². The maximum atomic E-state index is 12.9. The highest BCUT2D eigenvalue weighted by Crippen LogP contribution is 2.32. The van der Waals surface area contributed by atoms with Crippen molar-refractivity contribution in [2.24, 2.45) is 0 Å². The number of nitrogens with one attached hydrogen (secondary N) is 2. The number of rotatable bonds is 6. The van der Waals surface area contributed by atoms with Crippen molar-refractivity contribution in [1.82, 2.24) is 0 Å². The summed E-state index contributed by atoms with van der Waals surface area (Å²) in [4.78, 5) is 12.2. The van der Waals surface area contributed by atoms with E-state index in [4.69, 9.17) is 20.8 Å². The van der Waals surface area contributed by atoms with Crippen molar-refractivity contribution >= 4 is 54.8 Å². The molecule has 2 N–H and O–H groups in total. The molecule has 0 radical (unpaired) electrons. The van der Waals surface area contributed by atoms with Gasteiger partial charge in [0, 0.05) is 9.50 Å². The predicted octanol–water partition coefficient (Wildman–Crippen LogP) is 4.76. The Hall–Kier alpha value is -2.49. The molecule has 0 unspecified atom stereocenters. The van der Waals surface area contributed by atoms with Crippen LogP contribution in [-0.4, -0.2) is 21.4 Å². The van der Waals surface area contributed by atoms with Crippen LogP contribution >= 0.6 is 27.5 Å². The smallest absolute Gasteiger partial charge is 0.291 e. The van der Waals surface area contributed by atoms with Gasteiger partial charge in [-0.1, -0.05) is 27.5 Å². The van der Waals surface area contributed by atoms with E-state index in [1.165, 1.54) is 49.8 Å². The van der Waals surface area contributed by atoms with Crippen LogP contribution in [0, 0.1) is 0 Å². The molecule has 2 aromatic carbocycles. The predicted molar refractivity (Wildman–Crippen MR) is 110 cm³/mol. The second-order valence-corrected chi connectivity index (χ2v) is 8.52. The van der Waals surface area contributed by atoms with Crippen LogP contribution in [0.25, 0.3) is 0 Å². The van der Waals surface area contributed by atoms with Gasteiger partial charge in [0.25, 0.3) is 15.9 Å². The number of benzene rings is 2. The average Bonchev–Trinajstić information content (AvgIpc) is 3.19. The van der Waals surface area contributed by atoms with E-state index < -0.39 is 15.9 Å². The first-order chi connectivity index (χ1) is 13.3. The zero-order chi connectivity index (χ0) is 20.3. The van der Waals surface area contributed by atoms with Crippen LogP contribution in [0.5, 0.6) is 5.75 Å². The standard InChI is InChI=1S/C18H14BrClN2O5S/c1-26-15-7-4-11(19)9-17(15)28(24,25)22-13-6-5-12(20)10-14(13)21-18(23)16-3-2-8-27-16/h2-10,22H,1H3,(H,21,23). The lowest BCUT2D eigenvalue weighted by molar-refractivity contribution is 0.0996. The number of carbonyl (C=O) groups excluding carboxylic acids is 1. The summed E-state index contributed by atoms with van der Waals surface area (Å²) in [5.74, 6) is -0.305. The van der Waals surface area contributed by atoms with E-state index in [9.17, 15) is 13.2 Å². The number of halogens is 2. The normalized spacial score (nSPS) is 11.1. The van der Waals surface area contributed by atoms with Crippen molar-refractivity contribution in [2.45, 2.75) is 4.90 Å². The first kappa shape index (κ1) is 20.2. The van der Waals surface area contributed by atoms with Gasteiger partial charge >= 0.3 is 0 Å². The average molecular weight is 486 g/mol. The zero-order valence-electron chi connectivity index (χ0n) is 14.4. The Morgan fingerprint density at radius 1 is 1.14 bits per heavy atom. The van der Waals surface area contributed by atoms with Gasteiger partial charge in [-0.2, -0.15) is 0 Å². The highest BCUT2D eigenvalue weighted by molar-refractivity contribution is 9.10. The topological polar surface area (TPSA) is 97.6 Å². The molecule has 3 rings (SSSR count). The lowest BCUT2D eigenvalue weighted by atomic mass is 10.2. The molecule has 1 aromatic heterocycles. The number of hydrogen-bond donors (Lipinski definition) is 2. The van der Waals surface area contributed by atoms with Gasteiger partial charge < -0.3 is 14.5 Å². The molecule has 1 heterocycles. The second-order valence-electron chi connectivity index (χ2n) is 5.52. The molecule has 0 bridgehead atoms. The summed E-state index contributed by atoms with van der Waals surface area (Å²) in [6.45, 7) is 0. The van der Waals surface area contributed by atoms with Gasteiger partial charge in [-0.3, -0.25) is 9.52 Å². The summed E-state index contributed by atoms with van der Waals surface area (Å²) in [6.07, 6.45) is 1.36. The Kier molecular flexibility index (Phi) is 5.97. The van der Waals surface area contributed by atoms with Gasteiger partial charge in [-0.15, -0.1) is 0 Å². The minimum absolute atomic E-state index is 0.0670. The van der Waals surface area contributed by atoms with E-state index in [0.29, 0.717) is 9.50 Å². The fraction of sp³-hybridized carbons (Fsp3) is 0.0556. The number of furan rings is 1. The number of amides is 1. The molecule has 0 atom stereocenters. The van der Waals surface area contributed by atoms with E-state index in [1.807, 2.05) is 0 Å². The van der Waals surface area contributed by atoms with Gasteiger partial charge in [0.15, 0.2) is 5.76 Å². The van der Waals surface area contributed by atoms with Crippen LogP contribution in [0.2, 0.25) is 5.02 Å². The van der Waals surface area contributed by atoms with Crippen LogP contribution in [0.1, 0.15) is 10.6 Å². The molecular weight excluding hydrogens is 472 g/mol. The van der Waals surface area contributed by atoms with Gasteiger partial charge in [0.05, 0.1) is 24.7 Å². The Morgan fingerprint density at radius 3 is 2.61 bits per heavy atom. The third-order valence-electron chi connectivity index (χ3n) is 3.63.